The molecule has 2 N–H and O–H groups in total. The van der Waals surface area contributed by atoms with E-state index in [4.69, 9.17) is 14.9 Å². The van der Waals surface area contributed by atoms with Crippen LogP contribution in [0.25, 0.3) is 0 Å². The Morgan fingerprint density at radius 3 is 2.71 bits per heavy atom. The van der Waals surface area contributed by atoms with Gasteiger partial charge >= 0.3 is 5.97 Å². The number of carbonyl (C=O) groups excluding carboxylic acids is 1. The molecule has 0 amide bonds. The Hall–Kier alpha value is -1.03. The van der Waals surface area contributed by atoms with Gasteiger partial charge in [-0.2, -0.15) is 0 Å². The number of ether oxygens (including phenoxy) is 1. The van der Waals surface area contributed by atoms with Crippen molar-refractivity contribution in [2.45, 2.75) is 45.3 Å². The van der Waals surface area contributed by atoms with E-state index in [0.717, 1.165) is 12.7 Å². The highest BCUT2D eigenvalue weighted by molar-refractivity contribution is 5.69. The molecule has 0 bridgehead atoms. The Morgan fingerprint density at radius 2 is 2.21 bits per heavy atom. The van der Waals surface area contributed by atoms with Crippen molar-refractivity contribution in [3.8, 4) is 0 Å². The van der Waals surface area contributed by atoms with Gasteiger partial charge in [0.1, 0.15) is 0 Å². The fourth-order valence-corrected chi connectivity index (χ4v) is 0.828. The molecule has 0 aromatic heterocycles. The SMILES string of the molecule is CC[C@H](C)OC(=O)CC[C@@H](O)/C=C/O. The van der Waals surface area contributed by atoms with Gasteiger partial charge in [0.25, 0.3) is 0 Å². The van der Waals surface area contributed by atoms with Crippen LogP contribution in [0.5, 0.6) is 0 Å². The molecule has 0 aliphatic carbocycles. The lowest BCUT2D eigenvalue weighted by Crippen LogP contribution is -2.15. The minimum absolute atomic E-state index is 0.0759. The molecule has 0 rings (SSSR count). The van der Waals surface area contributed by atoms with Crippen LogP contribution in [0.3, 0.4) is 0 Å². The number of aliphatic hydroxyl groups is 2. The molecule has 0 aromatic carbocycles. The van der Waals surface area contributed by atoms with Crippen LogP contribution in [0.4, 0.5) is 0 Å². The number of rotatable bonds is 6. The maximum atomic E-state index is 11.1. The zero-order chi connectivity index (χ0) is 11.0. The molecule has 0 spiro atoms. The highest BCUT2D eigenvalue weighted by Gasteiger charge is 2.09. The summed E-state index contributed by atoms with van der Waals surface area (Å²) in [6, 6.07) is 0. The van der Waals surface area contributed by atoms with Gasteiger partial charge in [-0.3, -0.25) is 4.79 Å². The summed E-state index contributed by atoms with van der Waals surface area (Å²) in [7, 11) is 0. The van der Waals surface area contributed by atoms with Crippen molar-refractivity contribution in [3.05, 3.63) is 12.3 Å². The van der Waals surface area contributed by atoms with E-state index in [0.29, 0.717) is 0 Å². The summed E-state index contributed by atoms with van der Waals surface area (Å²) in [5, 5.41) is 17.5. The van der Waals surface area contributed by atoms with E-state index in [-0.39, 0.29) is 24.9 Å². The Labute approximate surface area is 84.2 Å². The van der Waals surface area contributed by atoms with E-state index < -0.39 is 6.10 Å². The van der Waals surface area contributed by atoms with Crippen LogP contribution in [0, 0.1) is 0 Å². The first-order valence-corrected chi connectivity index (χ1v) is 4.78. The van der Waals surface area contributed by atoms with E-state index in [2.05, 4.69) is 0 Å². The zero-order valence-electron chi connectivity index (χ0n) is 8.64. The van der Waals surface area contributed by atoms with E-state index in [1.54, 1.807) is 0 Å². The number of aliphatic hydroxyl groups excluding tert-OH is 2. The lowest BCUT2D eigenvalue weighted by Gasteiger charge is -2.11. The minimum atomic E-state index is -0.788. The first kappa shape index (κ1) is 13.0. The summed E-state index contributed by atoms with van der Waals surface area (Å²) >= 11 is 0. The van der Waals surface area contributed by atoms with Gasteiger partial charge in [-0.05, 0) is 25.8 Å². The van der Waals surface area contributed by atoms with Crippen LogP contribution >= 0.6 is 0 Å². The Balaban J connectivity index is 3.63. The quantitative estimate of drug-likeness (QED) is 0.506. The Bertz CT molecular complexity index is 189. The van der Waals surface area contributed by atoms with Crippen molar-refractivity contribution < 1.29 is 19.7 Å². The molecule has 4 nitrogen and oxygen atoms in total. The number of esters is 1. The van der Waals surface area contributed by atoms with Gasteiger partial charge in [-0.15, -0.1) is 0 Å². The van der Waals surface area contributed by atoms with Crippen LogP contribution in [0.2, 0.25) is 0 Å². The van der Waals surface area contributed by atoms with Gasteiger partial charge < -0.3 is 14.9 Å². The molecule has 2 atom stereocenters. The molecule has 14 heavy (non-hydrogen) atoms. The molecular formula is C10H18O4. The Morgan fingerprint density at radius 1 is 1.57 bits per heavy atom. The summed E-state index contributed by atoms with van der Waals surface area (Å²) < 4.78 is 4.99. The highest BCUT2D eigenvalue weighted by atomic mass is 16.5. The minimum Gasteiger partial charge on any atom is -0.516 e. The Kier molecular flexibility index (Phi) is 6.84. The van der Waals surface area contributed by atoms with Gasteiger partial charge in [-0.1, -0.05) is 6.92 Å². The summed E-state index contributed by atoms with van der Waals surface area (Å²) in [5.74, 6) is -0.315. The van der Waals surface area contributed by atoms with Gasteiger partial charge in [0, 0.05) is 6.42 Å². The summed E-state index contributed by atoms with van der Waals surface area (Å²) in [5.41, 5.74) is 0. The predicted octanol–water partition coefficient (Wildman–Crippen LogP) is 1.54. The van der Waals surface area contributed by atoms with E-state index >= 15 is 0 Å². The average molecular weight is 202 g/mol. The largest absolute Gasteiger partial charge is 0.516 e. The normalized spacial score (nSPS) is 15.4. The van der Waals surface area contributed by atoms with E-state index in [1.165, 1.54) is 6.08 Å². The van der Waals surface area contributed by atoms with Crippen molar-refractivity contribution in [1.29, 1.82) is 0 Å². The lowest BCUT2D eigenvalue weighted by atomic mass is 10.2. The van der Waals surface area contributed by atoms with Crippen LogP contribution in [0.15, 0.2) is 12.3 Å². The number of carbonyl (C=O) groups is 1. The average Bonchev–Trinajstić information content (AvgIpc) is 2.15. The first-order chi connectivity index (χ1) is 6.60. The molecule has 0 aliphatic heterocycles. The third kappa shape index (κ3) is 6.48. The summed E-state index contributed by atoms with van der Waals surface area (Å²) in [6.45, 7) is 3.75. The van der Waals surface area contributed by atoms with Crippen molar-refractivity contribution >= 4 is 5.97 Å². The third-order valence-corrected chi connectivity index (χ3v) is 1.86. The van der Waals surface area contributed by atoms with Crippen molar-refractivity contribution in [3.63, 3.8) is 0 Å². The molecule has 0 fully saturated rings. The van der Waals surface area contributed by atoms with E-state index in [9.17, 15) is 4.79 Å². The third-order valence-electron chi connectivity index (χ3n) is 1.86. The van der Waals surface area contributed by atoms with E-state index in [1.807, 2.05) is 13.8 Å². The summed E-state index contributed by atoms with van der Waals surface area (Å²) in [4.78, 5) is 11.1. The first-order valence-electron chi connectivity index (χ1n) is 4.78. The smallest absolute Gasteiger partial charge is 0.306 e. The van der Waals surface area contributed by atoms with Crippen molar-refractivity contribution in [1.82, 2.24) is 0 Å². The molecule has 0 radical (unpaired) electrons. The van der Waals surface area contributed by atoms with Crippen molar-refractivity contribution in [2.24, 2.45) is 0 Å². The fourth-order valence-electron chi connectivity index (χ4n) is 0.828. The summed E-state index contributed by atoms with van der Waals surface area (Å²) in [6.07, 6.45) is 2.34. The molecule has 82 valence electrons. The highest BCUT2D eigenvalue weighted by Crippen LogP contribution is 2.03. The molecule has 0 heterocycles. The molecular weight excluding hydrogens is 184 g/mol. The van der Waals surface area contributed by atoms with Gasteiger partial charge in [0.2, 0.25) is 0 Å². The molecule has 0 saturated heterocycles. The predicted molar refractivity (Wildman–Crippen MR) is 52.9 cm³/mol. The maximum Gasteiger partial charge on any atom is 0.306 e. The maximum absolute atomic E-state index is 11.1. The number of hydrogen-bond donors (Lipinski definition) is 2. The standard InChI is InChI=1S/C10H18O4/c1-3-8(2)14-10(13)5-4-9(12)6-7-11/h6-9,11-12H,3-5H2,1-2H3/b7-6+/t8-,9+/m0/s1. The second kappa shape index (κ2) is 7.38. The van der Waals surface area contributed by atoms with Gasteiger partial charge in [-0.25, -0.2) is 0 Å². The second-order valence-electron chi connectivity index (χ2n) is 3.16. The lowest BCUT2D eigenvalue weighted by molar-refractivity contribution is -0.148. The van der Waals surface area contributed by atoms with Crippen molar-refractivity contribution in [2.75, 3.05) is 0 Å². The molecule has 0 aromatic rings. The second-order valence-corrected chi connectivity index (χ2v) is 3.16. The zero-order valence-corrected chi connectivity index (χ0v) is 8.64. The van der Waals surface area contributed by atoms with Gasteiger partial charge in [0.05, 0.1) is 18.5 Å². The molecule has 0 aliphatic rings. The van der Waals surface area contributed by atoms with Gasteiger partial charge in [0.15, 0.2) is 0 Å². The van der Waals surface area contributed by atoms with Crippen LogP contribution in [0.1, 0.15) is 33.1 Å². The fraction of sp³-hybridized carbons (Fsp3) is 0.700. The monoisotopic (exact) mass is 202 g/mol. The molecule has 0 saturated carbocycles. The topological polar surface area (TPSA) is 66.8 Å². The molecule has 0 unspecified atom stereocenters. The molecule has 4 heteroatoms. The van der Waals surface area contributed by atoms with Crippen LogP contribution in [-0.2, 0) is 9.53 Å². The number of hydrogen-bond acceptors (Lipinski definition) is 4. The van der Waals surface area contributed by atoms with Crippen LogP contribution < -0.4 is 0 Å². The van der Waals surface area contributed by atoms with Crippen LogP contribution in [-0.4, -0.2) is 28.4 Å².